The van der Waals surface area contributed by atoms with Gasteiger partial charge in [-0.1, -0.05) is 23.2 Å². The second-order valence-corrected chi connectivity index (χ2v) is 6.35. The van der Waals surface area contributed by atoms with E-state index in [0.717, 1.165) is 39.0 Å². The number of nitrogens with zero attached hydrogens (tertiary/aromatic N) is 1. The minimum atomic E-state index is 0.0577. The molecule has 1 spiro atoms. The third kappa shape index (κ3) is 2.47. The maximum atomic E-state index is 12.5. The van der Waals surface area contributed by atoms with Gasteiger partial charge in [-0.05, 0) is 37.6 Å². The lowest BCUT2D eigenvalue weighted by Crippen LogP contribution is -2.33. The zero-order valence-corrected chi connectivity index (χ0v) is 12.1. The largest absolute Gasteiger partial charge is 0.338 e. The minimum Gasteiger partial charge on any atom is -0.338 e. The van der Waals surface area contributed by atoms with Gasteiger partial charge in [-0.15, -0.1) is 0 Å². The number of nitrogens with one attached hydrogen (secondary N) is 1. The molecule has 2 aliphatic rings. The molecule has 2 saturated heterocycles. The molecule has 102 valence electrons. The molecule has 3 nitrogen and oxygen atoms in total. The van der Waals surface area contributed by atoms with Crippen molar-refractivity contribution in [1.29, 1.82) is 0 Å². The molecule has 2 fully saturated rings. The summed E-state index contributed by atoms with van der Waals surface area (Å²) in [5.41, 5.74) is 0.920. The van der Waals surface area contributed by atoms with Gasteiger partial charge in [0.1, 0.15) is 0 Å². The Morgan fingerprint density at radius 2 is 2.11 bits per heavy atom. The SMILES string of the molecule is O=C(c1ccc(Cl)c(Cl)c1)N1CCC2(CCNC2)C1. The molecule has 1 aromatic carbocycles. The summed E-state index contributed by atoms with van der Waals surface area (Å²) < 4.78 is 0. The van der Waals surface area contributed by atoms with Crippen LogP contribution >= 0.6 is 23.2 Å². The molecule has 3 rings (SSSR count). The zero-order valence-electron chi connectivity index (χ0n) is 10.6. The van der Waals surface area contributed by atoms with Crippen molar-refractivity contribution in [1.82, 2.24) is 10.2 Å². The minimum absolute atomic E-state index is 0.0577. The Hall–Kier alpha value is -0.770. The van der Waals surface area contributed by atoms with E-state index in [0.29, 0.717) is 21.0 Å². The lowest BCUT2D eigenvalue weighted by molar-refractivity contribution is 0.0776. The highest BCUT2D eigenvalue weighted by Crippen LogP contribution is 2.36. The van der Waals surface area contributed by atoms with Crippen LogP contribution in [0.2, 0.25) is 10.0 Å². The van der Waals surface area contributed by atoms with Gasteiger partial charge in [0.25, 0.3) is 5.91 Å². The van der Waals surface area contributed by atoms with Gasteiger partial charge in [-0.25, -0.2) is 0 Å². The quantitative estimate of drug-likeness (QED) is 0.865. The van der Waals surface area contributed by atoms with E-state index in [1.54, 1.807) is 18.2 Å². The van der Waals surface area contributed by atoms with Gasteiger partial charge >= 0.3 is 0 Å². The molecule has 0 aromatic heterocycles. The summed E-state index contributed by atoms with van der Waals surface area (Å²) in [5, 5.41) is 4.31. The van der Waals surface area contributed by atoms with Crippen molar-refractivity contribution in [3.8, 4) is 0 Å². The highest BCUT2D eigenvalue weighted by molar-refractivity contribution is 6.42. The molecular weight excluding hydrogens is 283 g/mol. The van der Waals surface area contributed by atoms with E-state index >= 15 is 0 Å². The summed E-state index contributed by atoms with van der Waals surface area (Å²) in [7, 11) is 0. The molecule has 1 N–H and O–H groups in total. The molecule has 1 aromatic rings. The number of carbonyl (C=O) groups excluding carboxylic acids is 1. The van der Waals surface area contributed by atoms with Crippen LogP contribution < -0.4 is 5.32 Å². The average molecular weight is 299 g/mol. The summed E-state index contributed by atoms with van der Waals surface area (Å²) in [4.78, 5) is 14.4. The standard InChI is InChI=1S/C14H16Cl2N2O/c15-11-2-1-10(7-12(11)16)13(19)18-6-4-14(9-18)3-5-17-8-14/h1-2,7,17H,3-6,8-9H2. The van der Waals surface area contributed by atoms with Crippen molar-refractivity contribution in [2.45, 2.75) is 12.8 Å². The van der Waals surface area contributed by atoms with E-state index in [1.165, 1.54) is 0 Å². The number of likely N-dealkylation sites (tertiary alicyclic amines) is 1. The number of rotatable bonds is 1. The van der Waals surface area contributed by atoms with Gasteiger partial charge in [0.2, 0.25) is 0 Å². The van der Waals surface area contributed by atoms with Gasteiger partial charge in [0, 0.05) is 30.6 Å². The van der Waals surface area contributed by atoms with Gasteiger partial charge in [-0.2, -0.15) is 0 Å². The van der Waals surface area contributed by atoms with Gasteiger partial charge in [-0.3, -0.25) is 4.79 Å². The molecule has 5 heteroatoms. The molecule has 1 unspecified atom stereocenters. The number of halogens is 2. The first-order valence-electron chi connectivity index (χ1n) is 6.55. The topological polar surface area (TPSA) is 32.3 Å². The number of carbonyl (C=O) groups is 1. The van der Waals surface area contributed by atoms with Crippen molar-refractivity contribution in [2.75, 3.05) is 26.2 Å². The number of hydrogen-bond acceptors (Lipinski definition) is 2. The van der Waals surface area contributed by atoms with Crippen LogP contribution in [-0.4, -0.2) is 37.0 Å². The number of hydrogen-bond donors (Lipinski definition) is 1. The Bertz CT molecular complexity index is 512. The van der Waals surface area contributed by atoms with Crippen LogP contribution in [0.25, 0.3) is 0 Å². The van der Waals surface area contributed by atoms with Crippen LogP contribution in [0.4, 0.5) is 0 Å². The zero-order chi connectivity index (χ0) is 13.5. The van der Waals surface area contributed by atoms with E-state index in [2.05, 4.69) is 5.32 Å². The second kappa shape index (κ2) is 4.97. The molecule has 0 saturated carbocycles. The molecule has 0 radical (unpaired) electrons. The van der Waals surface area contributed by atoms with Crippen LogP contribution in [0.1, 0.15) is 23.2 Å². The summed E-state index contributed by atoms with van der Waals surface area (Å²) in [6.45, 7) is 3.77. The molecule has 2 heterocycles. The fraction of sp³-hybridized carbons (Fsp3) is 0.500. The molecule has 19 heavy (non-hydrogen) atoms. The summed E-state index contributed by atoms with van der Waals surface area (Å²) in [6.07, 6.45) is 2.26. The highest BCUT2D eigenvalue weighted by Gasteiger charge is 2.41. The predicted molar refractivity (Wildman–Crippen MR) is 76.9 cm³/mol. The van der Waals surface area contributed by atoms with Crippen LogP contribution in [0.3, 0.4) is 0 Å². The molecule has 2 aliphatic heterocycles. The molecule has 1 atom stereocenters. The predicted octanol–water partition coefficient (Wildman–Crippen LogP) is 2.82. The van der Waals surface area contributed by atoms with Crippen molar-refractivity contribution in [3.05, 3.63) is 33.8 Å². The van der Waals surface area contributed by atoms with Crippen molar-refractivity contribution in [2.24, 2.45) is 5.41 Å². The number of benzene rings is 1. The number of amides is 1. The molecule has 0 aliphatic carbocycles. The van der Waals surface area contributed by atoms with Crippen LogP contribution in [-0.2, 0) is 0 Å². The van der Waals surface area contributed by atoms with Crippen molar-refractivity contribution < 1.29 is 4.79 Å². The maximum absolute atomic E-state index is 12.5. The summed E-state index contributed by atoms with van der Waals surface area (Å²) in [6, 6.07) is 5.08. The van der Waals surface area contributed by atoms with Crippen LogP contribution in [0.5, 0.6) is 0 Å². The smallest absolute Gasteiger partial charge is 0.253 e. The Morgan fingerprint density at radius 3 is 2.79 bits per heavy atom. The Balaban J connectivity index is 1.76. The van der Waals surface area contributed by atoms with Crippen LogP contribution in [0, 0.1) is 5.41 Å². The van der Waals surface area contributed by atoms with Gasteiger partial charge < -0.3 is 10.2 Å². The molecule has 1 amide bonds. The second-order valence-electron chi connectivity index (χ2n) is 5.53. The average Bonchev–Trinajstić information content (AvgIpc) is 3.03. The van der Waals surface area contributed by atoms with Crippen molar-refractivity contribution in [3.63, 3.8) is 0 Å². The van der Waals surface area contributed by atoms with E-state index in [1.807, 2.05) is 4.90 Å². The Labute approximate surface area is 122 Å². The fourth-order valence-corrected chi connectivity index (χ4v) is 3.36. The lowest BCUT2D eigenvalue weighted by Gasteiger charge is -2.22. The van der Waals surface area contributed by atoms with Gasteiger partial charge in [0.05, 0.1) is 10.0 Å². The first-order chi connectivity index (χ1) is 9.10. The normalized spacial score (nSPS) is 26.3. The third-order valence-electron chi connectivity index (χ3n) is 4.22. The Kier molecular flexibility index (Phi) is 3.46. The fourth-order valence-electron chi connectivity index (χ4n) is 3.06. The highest BCUT2D eigenvalue weighted by atomic mass is 35.5. The van der Waals surface area contributed by atoms with E-state index in [4.69, 9.17) is 23.2 Å². The lowest BCUT2D eigenvalue weighted by atomic mass is 9.86. The monoisotopic (exact) mass is 298 g/mol. The summed E-state index contributed by atoms with van der Waals surface area (Å²) in [5.74, 6) is 0.0577. The molecular formula is C14H16Cl2N2O. The van der Waals surface area contributed by atoms with E-state index in [9.17, 15) is 4.79 Å². The van der Waals surface area contributed by atoms with E-state index < -0.39 is 0 Å². The van der Waals surface area contributed by atoms with Crippen molar-refractivity contribution >= 4 is 29.1 Å². The first-order valence-corrected chi connectivity index (χ1v) is 7.30. The molecule has 0 bridgehead atoms. The van der Waals surface area contributed by atoms with Crippen LogP contribution in [0.15, 0.2) is 18.2 Å². The maximum Gasteiger partial charge on any atom is 0.253 e. The summed E-state index contributed by atoms with van der Waals surface area (Å²) >= 11 is 11.9. The Morgan fingerprint density at radius 1 is 1.26 bits per heavy atom. The van der Waals surface area contributed by atoms with Gasteiger partial charge in [0.15, 0.2) is 0 Å². The van der Waals surface area contributed by atoms with E-state index in [-0.39, 0.29) is 5.91 Å². The third-order valence-corrected chi connectivity index (χ3v) is 4.96. The first kappa shape index (κ1) is 13.2.